The van der Waals surface area contributed by atoms with E-state index in [1.165, 1.54) is 71.2 Å². The molecule has 9 aromatic rings. The Kier molecular flexibility index (Phi) is 6.13. The number of hydrogen-bond acceptors (Lipinski definition) is 0. The van der Waals surface area contributed by atoms with E-state index in [9.17, 15) is 0 Å². The summed E-state index contributed by atoms with van der Waals surface area (Å²) >= 11 is 0. The van der Waals surface area contributed by atoms with Gasteiger partial charge in [-0.3, -0.25) is 0 Å². The smallest absolute Gasteiger partial charge is 0.0788 e. The lowest BCUT2D eigenvalue weighted by molar-refractivity contribution is 1.15. The Morgan fingerprint density at radius 1 is 0.341 bits per heavy atom. The monoisotopic (exact) mass is 562 g/mol. The molecule has 0 radical (unpaired) electrons. The van der Waals surface area contributed by atoms with E-state index in [2.05, 4.69) is 180 Å². The summed E-state index contributed by atoms with van der Waals surface area (Å²) < 4.78 is 4.94. The van der Waals surface area contributed by atoms with E-state index in [4.69, 9.17) is 0 Å². The number of hydrogen-bond donors (Lipinski definition) is 0. The Hall–Kier alpha value is -5.86. The Morgan fingerprint density at radius 3 is 1.52 bits per heavy atom. The fourth-order valence-electron chi connectivity index (χ4n) is 6.81. The van der Waals surface area contributed by atoms with E-state index >= 15 is 0 Å². The van der Waals surface area contributed by atoms with Crippen LogP contribution >= 0.6 is 0 Å². The predicted molar refractivity (Wildman–Crippen MR) is 189 cm³/mol. The van der Waals surface area contributed by atoms with Crippen molar-refractivity contribution < 1.29 is 0 Å². The summed E-state index contributed by atoms with van der Waals surface area (Å²) in [6.45, 7) is 6.00. The van der Waals surface area contributed by atoms with Crippen molar-refractivity contribution in [1.29, 1.82) is 0 Å². The zero-order chi connectivity index (χ0) is 29.6. The highest BCUT2D eigenvalue weighted by Gasteiger charge is 2.21. The van der Waals surface area contributed by atoms with Gasteiger partial charge in [0.2, 0.25) is 0 Å². The summed E-state index contributed by atoms with van der Waals surface area (Å²) in [7, 11) is 0. The number of benzene rings is 7. The number of nitrogens with zero attached hydrogens (tertiary/aromatic N) is 2. The number of para-hydroxylation sites is 2. The maximum absolute atomic E-state index is 3.00. The highest BCUT2D eigenvalue weighted by atomic mass is 15.0. The second-order valence-corrected chi connectivity index (χ2v) is 11.0. The van der Waals surface area contributed by atoms with Crippen LogP contribution in [0, 0.1) is 0 Å². The summed E-state index contributed by atoms with van der Waals surface area (Å²) in [6, 6.07) is 57.2. The minimum absolute atomic E-state index is 1.16. The van der Waals surface area contributed by atoms with Gasteiger partial charge in [0.1, 0.15) is 0 Å². The van der Waals surface area contributed by atoms with Gasteiger partial charge in [-0.1, -0.05) is 121 Å². The normalized spacial score (nSPS) is 11.4. The molecule has 0 saturated carbocycles. The second kappa shape index (κ2) is 10.4. The molecule has 0 atom stereocenters. The van der Waals surface area contributed by atoms with E-state index in [0.717, 1.165) is 5.69 Å². The lowest BCUT2D eigenvalue weighted by atomic mass is 10.1. The van der Waals surface area contributed by atoms with Gasteiger partial charge in [-0.25, -0.2) is 0 Å². The molecule has 208 valence electrons. The van der Waals surface area contributed by atoms with Crippen LogP contribution in [0.15, 0.2) is 171 Å². The molecular weight excluding hydrogens is 532 g/mol. The van der Waals surface area contributed by atoms with Gasteiger partial charge >= 0.3 is 0 Å². The van der Waals surface area contributed by atoms with Gasteiger partial charge in [0.15, 0.2) is 0 Å². The molecule has 9 rings (SSSR count). The first kappa shape index (κ1) is 25.8. The van der Waals surface area contributed by atoms with Gasteiger partial charge in [-0.15, -0.1) is 13.2 Å². The molecule has 0 fully saturated rings. The molecule has 2 heterocycles. The average Bonchev–Trinajstić information content (AvgIpc) is 3.63. The van der Waals surface area contributed by atoms with Crippen molar-refractivity contribution in [2.24, 2.45) is 0 Å². The van der Waals surface area contributed by atoms with Gasteiger partial charge in [0.25, 0.3) is 0 Å². The quantitative estimate of drug-likeness (QED) is 0.190. The molecule has 44 heavy (non-hydrogen) atoms. The summed E-state index contributed by atoms with van der Waals surface area (Å²) in [6.07, 6.45) is 0. The van der Waals surface area contributed by atoms with Gasteiger partial charge in [-0.05, 0) is 58.3 Å². The SMILES string of the molecule is C=C.c1ccc(-c2cccc(-n3c4ccccc4c4ccc5c6ccccc6n(-c6ccc7ccccc7c6)c5c43)c2)cc1. The van der Waals surface area contributed by atoms with Crippen LogP contribution in [0.25, 0.3) is 76.9 Å². The number of aromatic nitrogens is 2. The average molecular weight is 563 g/mol. The predicted octanol–water partition coefficient (Wildman–Crippen LogP) is 11.5. The van der Waals surface area contributed by atoms with Gasteiger partial charge < -0.3 is 9.13 Å². The van der Waals surface area contributed by atoms with Crippen LogP contribution < -0.4 is 0 Å². The molecule has 0 amide bonds. The molecule has 0 saturated heterocycles. The fourth-order valence-corrected chi connectivity index (χ4v) is 6.81. The molecular formula is C42H30N2. The molecule has 0 N–H and O–H groups in total. The third-order valence-electron chi connectivity index (χ3n) is 8.67. The van der Waals surface area contributed by atoms with E-state index in [-0.39, 0.29) is 0 Å². The Morgan fingerprint density at radius 2 is 0.864 bits per heavy atom. The largest absolute Gasteiger partial charge is 0.307 e. The van der Waals surface area contributed by atoms with Crippen molar-refractivity contribution in [1.82, 2.24) is 9.13 Å². The van der Waals surface area contributed by atoms with Gasteiger partial charge in [0, 0.05) is 32.9 Å². The molecule has 2 aromatic heterocycles. The fraction of sp³-hybridized carbons (Fsp3) is 0. The highest BCUT2D eigenvalue weighted by molar-refractivity contribution is 6.23. The standard InChI is InChI=1S/C40H26N2.C2H4/c1-2-11-27(12-3-1)30-15-10-16-31(25-30)41-37-19-8-6-17-33(37)35-23-24-36-34-18-7-9-20-38(34)42(40(36)39(35)41)32-22-21-28-13-4-5-14-29(28)26-32;1-2/h1-26H;1-2H2. The number of fused-ring (bicyclic) bond motifs is 8. The molecule has 7 aromatic carbocycles. The maximum Gasteiger partial charge on any atom is 0.0788 e. The Bertz CT molecular complexity index is 2480. The van der Waals surface area contributed by atoms with Gasteiger partial charge in [0.05, 0.1) is 22.1 Å². The zero-order valence-electron chi connectivity index (χ0n) is 24.3. The second-order valence-electron chi connectivity index (χ2n) is 11.0. The summed E-state index contributed by atoms with van der Waals surface area (Å²) in [4.78, 5) is 0. The molecule has 0 aliphatic carbocycles. The zero-order valence-corrected chi connectivity index (χ0v) is 24.3. The minimum Gasteiger partial charge on any atom is -0.307 e. The van der Waals surface area contributed by atoms with Crippen LogP contribution in [0.3, 0.4) is 0 Å². The van der Waals surface area contributed by atoms with Crippen LogP contribution in [0.2, 0.25) is 0 Å². The molecule has 0 spiro atoms. The third kappa shape index (κ3) is 3.89. The lowest BCUT2D eigenvalue weighted by Gasteiger charge is -2.14. The maximum atomic E-state index is 3.00. The topological polar surface area (TPSA) is 9.86 Å². The minimum atomic E-state index is 1.16. The first-order chi connectivity index (χ1) is 21.8. The van der Waals surface area contributed by atoms with Crippen molar-refractivity contribution in [2.45, 2.75) is 0 Å². The number of rotatable bonds is 3. The van der Waals surface area contributed by atoms with Crippen molar-refractivity contribution >= 4 is 54.4 Å². The van der Waals surface area contributed by atoms with Crippen molar-refractivity contribution in [3.8, 4) is 22.5 Å². The van der Waals surface area contributed by atoms with Crippen molar-refractivity contribution in [3.05, 3.63) is 171 Å². The van der Waals surface area contributed by atoms with Crippen LogP contribution in [0.4, 0.5) is 0 Å². The summed E-state index contributed by atoms with van der Waals surface area (Å²) in [5, 5.41) is 7.53. The summed E-state index contributed by atoms with van der Waals surface area (Å²) in [5.41, 5.74) is 9.63. The molecule has 0 aliphatic heterocycles. The molecule has 0 aliphatic rings. The molecule has 0 bridgehead atoms. The van der Waals surface area contributed by atoms with Crippen molar-refractivity contribution in [3.63, 3.8) is 0 Å². The van der Waals surface area contributed by atoms with E-state index < -0.39 is 0 Å². The van der Waals surface area contributed by atoms with Crippen LogP contribution in [0.1, 0.15) is 0 Å². The van der Waals surface area contributed by atoms with E-state index in [1.807, 2.05) is 0 Å². The van der Waals surface area contributed by atoms with Crippen LogP contribution in [0.5, 0.6) is 0 Å². The van der Waals surface area contributed by atoms with Crippen LogP contribution in [-0.2, 0) is 0 Å². The molecule has 2 nitrogen and oxygen atoms in total. The first-order valence-electron chi connectivity index (χ1n) is 15.0. The first-order valence-corrected chi connectivity index (χ1v) is 15.0. The van der Waals surface area contributed by atoms with Gasteiger partial charge in [-0.2, -0.15) is 0 Å². The highest BCUT2D eigenvalue weighted by Crippen LogP contribution is 2.42. The lowest BCUT2D eigenvalue weighted by Crippen LogP contribution is -1.99. The third-order valence-corrected chi connectivity index (χ3v) is 8.67. The van der Waals surface area contributed by atoms with E-state index in [1.54, 1.807) is 0 Å². The molecule has 0 unspecified atom stereocenters. The van der Waals surface area contributed by atoms with Crippen molar-refractivity contribution in [2.75, 3.05) is 0 Å². The molecule has 2 heteroatoms. The van der Waals surface area contributed by atoms with E-state index in [0.29, 0.717) is 0 Å². The Labute approximate surface area is 256 Å². The Balaban J connectivity index is 0.00000142. The van der Waals surface area contributed by atoms with Crippen LogP contribution in [-0.4, -0.2) is 9.13 Å². The summed E-state index contributed by atoms with van der Waals surface area (Å²) in [5.74, 6) is 0.